The fourth-order valence-electron chi connectivity index (χ4n) is 3.01. The molecule has 0 bridgehead atoms. The van der Waals surface area contributed by atoms with Gasteiger partial charge in [-0.2, -0.15) is 0 Å². The molecule has 0 saturated heterocycles. The summed E-state index contributed by atoms with van der Waals surface area (Å²) >= 11 is 0. The molecule has 2 heteroatoms. The van der Waals surface area contributed by atoms with E-state index >= 15 is 0 Å². The minimum atomic E-state index is 0.206. The van der Waals surface area contributed by atoms with Gasteiger partial charge in [-0.3, -0.25) is 0 Å². The van der Waals surface area contributed by atoms with Crippen LogP contribution in [0.3, 0.4) is 0 Å². The molecule has 0 amide bonds. The van der Waals surface area contributed by atoms with Crippen LogP contribution in [0.25, 0.3) is 5.57 Å². The molecule has 1 N–H and O–H groups in total. The van der Waals surface area contributed by atoms with E-state index in [1.165, 1.54) is 36.8 Å². The fraction of sp³-hybridized carbons (Fsp3) is 0.500. The second-order valence-electron chi connectivity index (χ2n) is 5.16. The maximum Gasteiger partial charge on any atom is 0.134 e. The van der Waals surface area contributed by atoms with Gasteiger partial charge in [0.1, 0.15) is 5.82 Å². The molecule has 16 heavy (non-hydrogen) atoms. The molecule has 1 saturated carbocycles. The summed E-state index contributed by atoms with van der Waals surface area (Å²) in [6.07, 6.45) is 7.58. The highest BCUT2D eigenvalue weighted by atomic mass is 15.1. The molecule has 0 unspecified atom stereocenters. The number of hydrogen-bond donors (Lipinski definition) is 1. The van der Waals surface area contributed by atoms with Crippen molar-refractivity contribution in [1.29, 1.82) is 0 Å². The lowest BCUT2D eigenvalue weighted by atomic mass is 9.88. The topological polar surface area (TPSA) is 24.9 Å². The SMILES string of the molecule is CC1=CC2(CCCC2)Nc2nc(C)ccc21. The molecule has 84 valence electrons. The first kappa shape index (κ1) is 9.88. The highest BCUT2D eigenvalue weighted by molar-refractivity contribution is 5.78. The third-order valence-corrected chi connectivity index (χ3v) is 3.82. The first-order valence-corrected chi connectivity index (χ1v) is 6.14. The van der Waals surface area contributed by atoms with Gasteiger partial charge in [-0.15, -0.1) is 0 Å². The first-order valence-electron chi connectivity index (χ1n) is 6.14. The molecular weight excluding hydrogens is 196 g/mol. The average Bonchev–Trinajstić information content (AvgIpc) is 2.65. The Morgan fingerprint density at radius 3 is 2.69 bits per heavy atom. The molecule has 2 nitrogen and oxygen atoms in total. The molecular formula is C14H18N2. The van der Waals surface area contributed by atoms with Gasteiger partial charge >= 0.3 is 0 Å². The smallest absolute Gasteiger partial charge is 0.134 e. The Kier molecular flexibility index (Phi) is 2.06. The number of anilines is 1. The van der Waals surface area contributed by atoms with Gasteiger partial charge in [0.25, 0.3) is 0 Å². The van der Waals surface area contributed by atoms with Gasteiger partial charge in [-0.1, -0.05) is 18.9 Å². The summed E-state index contributed by atoms with van der Waals surface area (Å²) in [5.74, 6) is 1.09. The Labute approximate surface area is 96.8 Å². The summed E-state index contributed by atoms with van der Waals surface area (Å²) in [5, 5.41) is 3.66. The summed E-state index contributed by atoms with van der Waals surface area (Å²) in [7, 11) is 0. The number of rotatable bonds is 0. The number of aromatic nitrogens is 1. The third kappa shape index (κ3) is 1.44. The Morgan fingerprint density at radius 1 is 1.19 bits per heavy atom. The maximum atomic E-state index is 4.63. The van der Waals surface area contributed by atoms with Gasteiger partial charge in [-0.05, 0) is 44.4 Å². The minimum Gasteiger partial charge on any atom is -0.361 e. The van der Waals surface area contributed by atoms with Crippen LogP contribution in [0.2, 0.25) is 0 Å². The predicted octanol–water partition coefficient (Wildman–Crippen LogP) is 3.53. The van der Waals surface area contributed by atoms with E-state index < -0.39 is 0 Å². The van der Waals surface area contributed by atoms with Gasteiger partial charge in [0.2, 0.25) is 0 Å². The average molecular weight is 214 g/mol. The summed E-state index contributed by atoms with van der Waals surface area (Å²) in [4.78, 5) is 4.63. The van der Waals surface area contributed by atoms with Crippen molar-refractivity contribution in [3.8, 4) is 0 Å². The monoisotopic (exact) mass is 214 g/mol. The number of aryl methyl sites for hydroxylation is 1. The zero-order valence-electron chi connectivity index (χ0n) is 10.0. The van der Waals surface area contributed by atoms with Crippen LogP contribution in [0.15, 0.2) is 18.2 Å². The number of fused-ring (bicyclic) bond motifs is 1. The standard InChI is InChI=1S/C14H18N2/c1-10-9-14(7-3-4-8-14)16-13-12(10)6-5-11(2)15-13/h5-6,9H,3-4,7-8H2,1-2H3,(H,15,16). The lowest BCUT2D eigenvalue weighted by molar-refractivity contribution is 0.591. The maximum absolute atomic E-state index is 4.63. The van der Waals surface area contributed by atoms with Crippen molar-refractivity contribution in [3.05, 3.63) is 29.5 Å². The van der Waals surface area contributed by atoms with Gasteiger partial charge < -0.3 is 5.32 Å². The van der Waals surface area contributed by atoms with Crippen molar-refractivity contribution in [2.45, 2.75) is 45.1 Å². The van der Waals surface area contributed by atoms with Crippen LogP contribution in [-0.2, 0) is 0 Å². The normalized spacial score (nSPS) is 21.5. The van der Waals surface area contributed by atoms with Crippen molar-refractivity contribution in [1.82, 2.24) is 4.98 Å². The summed E-state index contributed by atoms with van der Waals surface area (Å²) in [5.41, 5.74) is 3.94. The second kappa shape index (κ2) is 3.34. The highest BCUT2D eigenvalue weighted by Crippen LogP contribution is 2.41. The zero-order valence-corrected chi connectivity index (χ0v) is 10.0. The van der Waals surface area contributed by atoms with Crippen molar-refractivity contribution in [2.24, 2.45) is 0 Å². The van der Waals surface area contributed by atoms with Crippen molar-refractivity contribution < 1.29 is 0 Å². The van der Waals surface area contributed by atoms with Crippen LogP contribution in [0.1, 0.15) is 43.9 Å². The van der Waals surface area contributed by atoms with Crippen molar-refractivity contribution in [3.63, 3.8) is 0 Å². The molecule has 1 aromatic rings. The Hall–Kier alpha value is -1.31. The van der Waals surface area contributed by atoms with E-state index in [9.17, 15) is 0 Å². The highest BCUT2D eigenvalue weighted by Gasteiger charge is 2.35. The second-order valence-corrected chi connectivity index (χ2v) is 5.16. The molecule has 1 aliphatic carbocycles. The molecule has 0 atom stereocenters. The summed E-state index contributed by atoms with van der Waals surface area (Å²) in [6.45, 7) is 4.26. The predicted molar refractivity (Wildman–Crippen MR) is 67.4 cm³/mol. The lowest BCUT2D eigenvalue weighted by Crippen LogP contribution is -2.36. The van der Waals surface area contributed by atoms with E-state index in [4.69, 9.17) is 0 Å². The van der Waals surface area contributed by atoms with Gasteiger partial charge in [-0.25, -0.2) is 4.98 Å². The molecule has 1 spiro atoms. The van der Waals surface area contributed by atoms with Gasteiger partial charge in [0.15, 0.2) is 0 Å². The molecule has 1 aliphatic heterocycles. The molecule has 2 heterocycles. The number of pyridine rings is 1. The van der Waals surface area contributed by atoms with E-state index in [-0.39, 0.29) is 5.54 Å². The molecule has 1 fully saturated rings. The van der Waals surface area contributed by atoms with Crippen LogP contribution in [0.5, 0.6) is 0 Å². The van der Waals surface area contributed by atoms with Gasteiger partial charge in [0.05, 0.1) is 5.54 Å². The van der Waals surface area contributed by atoms with E-state index in [0.717, 1.165) is 11.5 Å². The van der Waals surface area contributed by atoms with E-state index in [1.54, 1.807) is 0 Å². The first-order chi connectivity index (χ1) is 7.69. The number of allylic oxidation sites excluding steroid dienone is 1. The van der Waals surface area contributed by atoms with Crippen LogP contribution in [0.4, 0.5) is 5.82 Å². The lowest BCUT2D eigenvalue weighted by Gasteiger charge is -2.33. The van der Waals surface area contributed by atoms with Crippen molar-refractivity contribution in [2.75, 3.05) is 5.32 Å². The quantitative estimate of drug-likeness (QED) is 0.714. The molecule has 0 aromatic carbocycles. The molecule has 1 aromatic heterocycles. The zero-order chi connectivity index (χ0) is 11.2. The fourth-order valence-corrected chi connectivity index (χ4v) is 3.01. The van der Waals surface area contributed by atoms with Crippen LogP contribution in [-0.4, -0.2) is 10.5 Å². The summed E-state index contributed by atoms with van der Waals surface area (Å²) < 4.78 is 0. The molecule has 2 aliphatic rings. The third-order valence-electron chi connectivity index (χ3n) is 3.82. The summed E-state index contributed by atoms with van der Waals surface area (Å²) in [6, 6.07) is 4.27. The van der Waals surface area contributed by atoms with E-state index in [1.807, 2.05) is 0 Å². The van der Waals surface area contributed by atoms with Crippen LogP contribution >= 0.6 is 0 Å². The van der Waals surface area contributed by atoms with Crippen LogP contribution < -0.4 is 5.32 Å². The number of nitrogens with one attached hydrogen (secondary N) is 1. The van der Waals surface area contributed by atoms with Crippen molar-refractivity contribution >= 4 is 11.4 Å². The Bertz CT molecular complexity index is 454. The molecule has 3 rings (SSSR count). The Morgan fingerprint density at radius 2 is 1.94 bits per heavy atom. The van der Waals surface area contributed by atoms with E-state index in [0.29, 0.717) is 0 Å². The number of hydrogen-bond acceptors (Lipinski definition) is 2. The largest absolute Gasteiger partial charge is 0.361 e. The van der Waals surface area contributed by atoms with Crippen LogP contribution in [0, 0.1) is 6.92 Å². The minimum absolute atomic E-state index is 0.206. The Balaban J connectivity index is 2.08. The number of nitrogens with zero attached hydrogens (tertiary/aromatic N) is 1. The molecule has 0 radical (unpaired) electrons. The van der Waals surface area contributed by atoms with E-state index in [2.05, 4.69) is 42.4 Å². The van der Waals surface area contributed by atoms with Gasteiger partial charge in [0, 0.05) is 11.3 Å².